The van der Waals surface area contributed by atoms with Gasteiger partial charge in [-0.2, -0.15) is 0 Å². The smallest absolute Gasteiger partial charge is 0.131 e. The molecule has 0 aliphatic heterocycles. The van der Waals surface area contributed by atoms with Gasteiger partial charge in [0.25, 0.3) is 0 Å². The average Bonchev–Trinajstić information content (AvgIpc) is 2.72. The van der Waals surface area contributed by atoms with E-state index in [1.54, 1.807) is 0 Å². The Bertz CT molecular complexity index is 899. The summed E-state index contributed by atoms with van der Waals surface area (Å²) in [7, 11) is 0. The summed E-state index contributed by atoms with van der Waals surface area (Å²) in [4.78, 5) is 0. The Labute approximate surface area is 158 Å². The highest BCUT2D eigenvalue weighted by molar-refractivity contribution is 5.55. The predicted octanol–water partition coefficient (Wildman–Crippen LogP) is 3.67. The van der Waals surface area contributed by atoms with Gasteiger partial charge < -0.3 is 14.9 Å². The Morgan fingerprint density at radius 2 is 1.56 bits per heavy atom. The summed E-state index contributed by atoms with van der Waals surface area (Å²) >= 11 is 0. The molecule has 3 aromatic rings. The van der Waals surface area contributed by atoms with Gasteiger partial charge in [-0.3, -0.25) is 5.01 Å². The van der Waals surface area contributed by atoms with Crippen molar-refractivity contribution in [2.45, 2.75) is 6.61 Å². The van der Waals surface area contributed by atoms with Crippen LogP contribution >= 0.6 is 0 Å². The molecule has 0 atom stereocenters. The number of ether oxygens (including phenoxy) is 2. The Kier molecular flexibility index (Phi) is 5.94. The van der Waals surface area contributed by atoms with Gasteiger partial charge in [0.2, 0.25) is 0 Å². The van der Waals surface area contributed by atoms with Crippen molar-refractivity contribution in [3.8, 4) is 17.2 Å². The van der Waals surface area contributed by atoms with Gasteiger partial charge >= 0.3 is 0 Å². The van der Waals surface area contributed by atoms with Gasteiger partial charge in [0.1, 0.15) is 29.7 Å². The number of para-hydroxylation sites is 2. The first-order chi connectivity index (χ1) is 13.2. The maximum Gasteiger partial charge on any atom is 0.131 e. The van der Waals surface area contributed by atoms with Gasteiger partial charge in [-0.1, -0.05) is 49.0 Å². The second-order valence-electron chi connectivity index (χ2n) is 5.77. The average molecular weight is 362 g/mol. The first kappa shape index (κ1) is 18.3. The lowest BCUT2D eigenvalue weighted by Gasteiger charge is -2.23. The molecule has 0 heterocycles. The monoisotopic (exact) mass is 362 g/mol. The molecule has 0 amide bonds. The van der Waals surface area contributed by atoms with Crippen LogP contribution in [0.2, 0.25) is 0 Å². The Balaban J connectivity index is 1.71. The summed E-state index contributed by atoms with van der Waals surface area (Å²) in [5.41, 5.74) is 4.09. The maximum absolute atomic E-state index is 6.04. The number of hydrogen-bond donors (Lipinski definition) is 3. The molecule has 0 spiro atoms. The molecule has 138 valence electrons. The van der Waals surface area contributed by atoms with E-state index in [2.05, 4.69) is 12.0 Å². The van der Waals surface area contributed by atoms with Crippen LogP contribution in [0.1, 0.15) is 5.56 Å². The minimum Gasteiger partial charge on any atom is -0.489 e. The van der Waals surface area contributed by atoms with Gasteiger partial charge in [-0.15, -0.1) is 0 Å². The fourth-order valence-electron chi connectivity index (χ4n) is 2.50. The van der Waals surface area contributed by atoms with Crippen molar-refractivity contribution >= 4 is 5.69 Å². The van der Waals surface area contributed by atoms with Crippen LogP contribution in [0.15, 0.2) is 91.3 Å². The van der Waals surface area contributed by atoms with Gasteiger partial charge in [0.15, 0.2) is 0 Å². The molecule has 0 aliphatic carbocycles. The fraction of sp³-hybridized carbons (Fsp3) is 0.0476. The Morgan fingerprint density at radius 1 is 0.889 bits per heavy atom. The van der Waals surface area contributed by atoms with Crippen LogP contribution < -0.4 is 31.6 Å². The van der Waals surface area contributed by atoms with E-state index in [1.807, 2.05) is 78.9 Å². The van der Waals surface area contributed by atoms with Crippen LogP contribution in [0.4, 0.5) is 5.69 Å². The van der Waals surface area contributed by atoms with E-state index in [4.69, 9.17) is 21.2 Å². The number of rotatable bonds is 8. The van der Waals surface area contributed by atoms with Crippen molar-refractivity contribution in [1.29, 1.82) is 0 Å². The minimum absolute atomic E-state index is 0.330. The highest BCUT2D eigenvalue weighted by Gasteiger charge is 2.10. The van der Waals surface area contributed by atoms with Crippen molar-refractivity contribution < 1.29 is 9.47 Å². The molecule has 27 heavy (non-hydrogen) atoms. The zero-order valence-corrected chi connectivity index (χ0v) is 14.8. The number of hydrazine groups is 2. The molecule has 6 heteroatoms. The highest BCUT2D eigenvalue weighted by atomic mass is 16.5. The van der Waals surface area contributed by atoms with E-state index >= 15 is 0 Å². The number of benzene rings is 3. The first-order valence-corrected chi connectivity index (χ1v) is 8.41. The summed E-state index contributed by atoms with van der Waals surface area (Å²) in [6, 6.07) is 24.7. The largest absolute Gasteiger partial charge is 0.489 e. The maximum atomic E-state index is 6.04. The van der Waals surface area contributed by atoms with Crippen LogP contribution in [0.5, 0.6) is 17.2 Å². The van der Waals surface area contributed by atoms with Gasteiger partial charge in [-0.25, -0.2) is 11.7 Å². The third kappa shape index (κ3) is 4.78. The first-order valence-electron chi connectivity index (χ1n) is 8.41. The van der Waals surface area contributed by atoms with E-state index in [9.17, 15) is 0 Å². The molecule has 3 aromatic carbocycles. The van der Waals surface area contributed by atoms with E-state index in [0.717, 1.165) is 17.0 Å². The minimum atomic E-state index is 0.330. The molecule has 3 rings (SSSR count). The molecule has 6 nitrogen and oxygen atoms in total. The molecule has 0 saturated carbocycles. The molecule has 0 aliphatic rings. The van der Waals surface area contributed by atoms with Gasteiger partial charge in [0, 0.05) is 11.6 Å². The fourth-order valence-corrected chi connectivity index (χ4v) is 2.50. The molecule has 0 aromatic heterocycles. The van der Waals surface area contributed by atoms with Crippen LogP contribution in [-0.4, -0.2) is 0 Å². The van der Waals surface area contributed by atoms with Crippen LogP contribution in [-0.2, 0) is 6.61 Å². The molecule has 0 unspecified atom stereocenters. The number of anilines is 1. The Morgan fingerprint density at radius 3 is 2.33 bits per heavy atom. The molecule has 0 bridgehead atoms. The summed E-state index contributed by atoms with van der Waals surface area (Å²) in [5, 5.41) is 1.38. The third-order valence-corrected chi connectivity index (χ3v) is 3.89. The molecular weight excluding hydrogens is 340 g/mol. The predicted molar refractivity (Wildman–Crippen MR) is 107 cm³/mol. The summed E-state index contributed by atoms with van der Waals surface area (Å²) in [6.45, 7) is 4.10. The summed E-state index contributed by atoms with van der Waals surface area (Å²) < 4.78 is 11.8. The lowest BCUT2D eigenvalue weighted by Crippen LogP contribution is -2.40. The number of nitrogens with zero attached hydrogens (tertiary/aromatic N) is 1. The van der Waals surface area contributed by atoms with Crippen LogP contribution in [0.3, 0.4) is 0 Å². The zero-order chi connectivity index (χ0) is 19.1. The van der Waals surface area contributed by atoms with Crippen molar-refractivity contribution in [2.75, 3.05) is 5.01 Å². The van der Waals surface area contributed by atoms with E-state index in [1.165, 1.54) is 5.01 Å². The van der Waals surface area contributed by atoms with Crippen LogP contribution in [0, 0.1) is 0 Å². The van der Waals surface area contributed by atoms with E-state index < -0.39 is 0 Å². The molecule has 0 fully saturated rings. The molecule has 5 N–H and O–H groups in total. The molecule has 0 saturated heterocycles. The van der Waals surface area contributed by atoms with Crippen molar-refractivity contribution in [3.63, 3.8) is 0 Å². The topological polar surface area (TPSA) is 85.8 Å². The van der Waals surface area contributed by atoms with E-state index in [0.29, 0.717) is 23.9 Å². The summed E-state index contributed by atoms with van der Waals surface area (Å²) in [6.07, 6.45) is 0. The quantitative estimate of drug-likeness (QED) is 0.419. The second kappa shape index (κ2) is 8.75. The number of nitrogens with two attached hydrogens (primary N) is 2. The van der Waals surface area contributed by atoms with Crippen molar-refractivity contribution in [2.24, 2.45) is 11.7 Å². The van der Waals surface area contributed by atoms with Gasteiger partial charge in [-0.05, 0) is 30.3 Å². The second-order valence-corrected chi connectivity index (χ2v) is 5.77. The number of hydrogen-bond acceptors (Lipinski definition) is 6. The SMILES string of the molecule is C=C(NN)N(N)c1ccccc1COc1cccc(Oc2ccccc2)c1. The van der Waals surface area contributed by atoms with Crippen molar-refractivity contribution in [1.82, 2.24) is 5.43 Å². The van der Waals surface area contributed by atoms with Crippen LogP contribution in [0.25, 0.3) is 0 Å². The lowest BCUT2D eigenvalue weighted by molar-refractivity contribution is 0.305. The highest BCUT2D eigenvalue weighted by Crippen LogP contribution is 2.27. The number of nitrogens with one attached hydrogen (secondary N) is 1. The summed E-state index contributed by atoms with van der Waals surface area (Å²) in [5.74, 6) is 14.0. The standard InChI is InChI=1S/C21H22N4O2/c1-16(24-22)25(23)21-13-6-5-8-17(21)15-26-19-11-7-12-20(14-19)27-18-9-3-2-4-10-18/h2-14,24H,1,15,22-23H2. The zero-order valence-electron chi connectivity index (χ0n) is 14.8. The molecule has 0 radical (unpaired) electrons. The van der Waals surface area contributed by atoms with Crippen molar-refractivity contribution in [3.05, 3.63) is 96.8 Å². The van der Waals surface area contributed by atoms with Gasteiger partial charge in [0.05, 0.1) is 5.69 Å². The lowest BCUT2D eigenvalue weighted by atomic mass is 10.2. The van der Waals surface area contributed by atoms with E-state index in [-0.39, 0.29) is 0 Å². The Hall–Kier alpha value is -3.48. The third-order valence-electron chi connectivity index (χ3n) is 3.89. The normalized spacial score (nSPS) is 10.1. The molecular formula is C21H22N4O2.